The fourth-order valence-electron chi connectivity index (χ4n) is 3.49. The van der Waals surface area contributed by atoms with Gasteiger partial charge in [0, 0.05) is 30.3 Å². The van der Waals surface area contributed by atoms with Gasteiger partial charge in [0.2, 0.25) is 5.91 Å². The van der Waals surface area contributed by atoms with E-state index in [0.29, 0.717) is 32.5 Å². The molecule has 0 aromatic heterocycles. The molecule has 1 unspecified atom stereocenters. The quantitative estimate of drug-likeness (QED) is 0.899. The highest BCUT2D eigenvalue weighted by Gasteiger charge is 2.44. The van der Waals surface area contributed by atoms with Crippen molar-refractivity contribution in [1.82, 2.24) is 4.90 Å². The third kappa shape index (κ3) is 3.37. The van der Waals surface area contributed by atoms with Crippen molar-refractivity contribution in [3.63, 3.8) is 0 Å². The van der Waals surface area contributed by atoms with Crippen molar-refractivity contribution in [2.24, 2.45) is 0 Å². The number of halogens is 2. The average Bonchev–Trinajstić information content (AvgIpc) is 2.54. The highest BCUT2D eigenvalue weighted by molar-refractivity contribution is 6.31. The fourth-order valence-corrected chi connectivity index (χ4v) is 3.72. The second kappa shape index (κ2) is 6.75. The van der Waals surface area contributed by atoms with Gasteiger partial charge in [-0.2, -0.15) is 0 Å². The van der Waals surface area contributed by atoms with Gasteiger partial charge >= 0.3 is 0 Å². The summed E-state index contributed by atoms with van der Waals surface area (Å²) in [6.45, 7) is 1.69. The fraction of sp³-hybridized carbons (Fsp3) is 0.588. The molecule has 3 rings (SSSR count). The molecule has 1 aromatic rings. The Bertz CT molecular complexity index is 567. The summed E-state index contributed by atoms with van der Waals surface area (Å²) >= 11 is 5.98. The van der Waals surface area contributed by atoms with Gasteiger partial charge in [-0.15, -0.1) is 0 Å². The van der Waals surface area contributed by atoms with E-state index < -0.39 is 17.5 Å². The summed E-state index contributed by atoms with van der Waals surface area (Å²) < 4.78 is 19.6. The minimum atomic E-state index is -0.509. The molecule has 4 nitrogen and oxygen atoms in total. The molecule has 2 saturated heterocycles. The molecule has 126 valence electrons. The van der Waals surface area contributed by atoms with E-state index in [1.807, 2.05) is 0 Å². The first-order valence-corrected chi connectivity index (χ1v) is 8.42. The number of nitrogens with zero attached hydrogens (tertiary/aromatic N) is 1. The van der Waals surface area contributed by atoms with E-state index in [1.54, 1.807) is 11.0 Å². The topological polar surface area (TPSA) is 49.8 Å². The van der Waals surface area contributed by atoms with Gasteiger partial charge in [0.1, 0.15) is 5.82 Å². The maximum Gasteiger partial charge on any atom is 0.227 e. The zero-order chi connectivity index (χ0) is 16.4. The van der Waals surface area contributed by atoms with Crippen LogP contribution in [0.5, 0.6) is 0 Å². The van der Waals surface area contributed by atoms with E-state index >= 15 is 0 Å². The molecule has 2 fully saturated rings. The predicted octanol–water partition coefficient (Wildman–Crippen LogP) is 2.55. The lowest BCUT2D eigenvalue weighted by Crippen LogP contribution is -2.56. The van der Waals surface area contributed by atoms with Gasteiger partial charge < -0.3 is 14.7 Å². The Kier molecular flexibility index (Phi) is 4.90. The van der Waals surface area contributed by atoms with Crippen LogP contribution in [0.25, 0.3) is 0 Å². The van der Waals surface area contributed by atoms with E-state index in [0.717, 1.165) is 12.8 Å². The van der Waals surface area contributed by atoms with Crippen molar-refractivity contribution in [3.8, 4) is 0 Å². The molecular formula is C17H21ClFNO3. The minimum Gasteiger partial charge on any atom is -0.390 e. The van der Waals surface area contributed by atoms with Gasteiger partial charge in [-0.1, -0.05) is 17.7 Å². The molecule has 0 radical (unpaired) electrons. The Hall–Kier alpha value is -1.17. The van der Waals surface area contributed by atoms with Gasteiger partial charge in [0.05, 0.1) is 18.1 Å². The third-order valence-electron chi connectivity index (χ3n) is 4.97. The van der Waals surface area contributed by atoms with Crippen molar-refractivity contribution in [1.29, 1.82) is 0 Å². The summed E-state index contributed by atoms with van der Waals surface area (Å²) in [5.41, 5.74) is -0.265. The number of amides is 1. The van der Waals surface area contributed by atoms with Crippen LogP contribution in [0.15, 0.2) is 18.2 Å². The van der Waals surface area contributed by atoms with Crippen molar-refractivity contribution in [3.05, 3.63) is 34.6 Å². The van der Waals surface area contributed by atoms with Crippen molar-refractivity contribution < 1.29 is 19.0 Å². The standard InChI is InChI=1S/C17H21ClFNO3/c18-13-3-1-4-14(19)12(13)11-16(22)20-8-6-17(7-9-20)15(21)5-2-10-23-17/h1,3-4,15,21H,2,5-11H2. The zero-order valence-corrected chi connectivity index (χ0v) is 13.7. The lowest BCUT2D eigenvalue weighted by atomic mass is 9.82. The number of carbonyl (C=O) groups is 1. The van der Waals surface area contributed by atoms with Crippen molar-refractivity contribution in [2.45, 2.75) is 43.8 Å². The molecule has 0 saturated carbocycles. The molecule has 1 aromatic carbocycles. The normalized spacial score (nSPS) is 24.0. The molecule has 2 heterocycles. The SMILES string of the molecule is O=C(Cc1c(F)cccc1Cl)N1CCC2(CC1)OCCCC2O. The molecular weight excluding hydrogens is 321 g/mol. The van der Waals surface area contributed by atoms with Gasteiger partial charge in [-0.3, -0.25) is 4.79 Å². The Morgan fingerprint density at radius 3 is 2.83 bits per heavy atom. The maximum atomic E-state index is 13.8. The van der Waals surface area contributed by atoms with E-state index in [9.17, 15) is 14.3 Å². The second-order valence-corrected chi connectivity index (χ2v) is 6.74. The number of likely N-dealkylation sites (tertiary alicyclic amines) is 1. The third-order valence-corrected chi connectivity index (χ3v) is 5.33. The van der Waals surface area contributed by atoms with Gasteiger partial charge in [-0.25, -0.2) is 4.39 Å². The summed E-state index contributed by atoms with van der Waals surface area (Å²) in [5.74, 6) is -0.595. The van der Waals surface area contributed by atoms with Crippen LogP contribution in [0.3, 0.4) is 0 Å². The molecule has 1 atom stereocenters. The zero-order valence-electron chi connectivity index (χ0n) is 12.9. The monoisotopic (exact) mass is 341 g/mol. The molecule has 23 heavy (non-hydrogen) atoms. The number of aliphatic hydroxyl groups is 1. The summed E-state index contributed by atoms with van der Waals surface area (Å²) in [4.78, 5) is 14.1. The van der Waals surface area contributed by atoms with Crippen molar-refractivity contribution >= 4 is 17.5 Å². The summed E-state index contributed by atoms with van der Waals surface area (Å²) in [7, 11) is 0. The average molecular weight is 342 g/mol. The smallest absolute Gasteiger partial charge is 0.227 e. The summed E-state index contributed by atoms with van der Waals surface area (Å²) in [6.07, 6.45) is 2.35. The molecule has 0 aliphatic carbocycles. The second-order valence-electron chi connectivity index (χ2n) is 6.33. The number of benzene rings is 1. The molecule has 6 heteroatoms. The maximum absolute atomic E-state index is 13.8. The molecule has 1 N–H and O–H groups in total. The van der Waals surface area contributed by atoms with Gasteiger partial charge in [0.25, 0.3) is 0 Å². The van der Waals surface area contributed by atoms with Crippen LogP contribution in [0.4, 0.5) is 4.39 Å². The molecule has 1 amide bonds. The molecule has 2 aliphatic rings. The van der Waals surface area contributed by atoms with Crippen LogP contribution in [0.1, 0.15) is 31.2 Å². The highest BCUT2D eigenvalue weighted by atomic mass is 35.5. The number of piperidine rings is 1. The number of hydrogen-bond acceptors (Lipinski definition) is 3. The van der Waals surface area contributed by atoms with Crippen LogP contribution in [-0.4, -0.2) is 47.3 Å². The summed E-state index contributed by atoms with van der Waals surface area (Å²) in [6, 6.07) is 4.43. The van der Waals surface area contributed by atoms with Gasteiger partial charge in [0.15, 0.2) is 0 Å². The summed E-state index contributed by atoms with van der Waals surface area (Å²) in [5, 5.41) is 10.5. The molecule has 0 bridgehead atoms. The number of carbonyl (C=O) groups excluding carboxylic acids is 1. The van der Waals surface area contributed by atoms with Crippen LogP contribution < -0.4 is 0 Å². The van der Waals surface area contributed by atoms with E-state index in [1.165, 1.54) is 12.1 Å². The largest absolute Gasteiger partial charge is 0.390 e. The van der Waals surface area contributed by atoms with Crippen LogP contribution in [0, 0.1) is 5.82 Å². The Morgan fingerprint density at radius 1 is 1.43 bits per heavy atom. The van der Waals surface area contributed by atoms with E-state index in [2.05, 4.69) is 0 Å². The molecule has 1 spiro atoms. The first-order valence-electron chi connectivity index (χ1n) is 8.04. The van der Waals surface area contributed by atoms with Crippen LogP contribution in [-0.2, 0) is 16.0 Å². The van der Waals surface area contributed by atoms with Gasteiger partial charge in [-0.05, 0) is 37.8 Å². The Balaban J connectivity index is 1.62. The van der Waals surface area contributed by atoms with E-state index in [4.69, 9.17) is 16.3 Å². The van der Waals surface area contributed by atoms with Crippen LogP contribution in [0.2, 0.25) is 5.02 Å². The lowest BCUT2D eigenvalue weighted by Gasteiger charge is -2.46. The first kappa shape index (κ1) is 16.7. The Labute approximate surface area is 140 Å². The molecule has 2 aliphatic heterocycles. The Morgan fingerprint density at radius 2 is 2.17 bits per heavy atom. The number of ether oxygens (including phenoxy) is 1. The number of aliphatic hydroxyl groups excluding tert-OH is 1. The number of hydrogen-bond donors (Lipinski definition) is 1. The minimum absolute atomic E-state index is 0.0398. The first-order chi connectivity index (χ1) is 11.0. The van der Waals surface area contributed by atoms with Crippen LogP contribution >= 0.6 is 11.6 Å². The lowest BCUT2D eigenvalue weighted by molar-refractivity contribution is -0.179. The van der Waals surface area contributed by atoms with E-state index in [-0.39, 0.29) is 22.9 Å². The number of rotatable bonds is 2. The highest BCUT2D eigenvalue weighted by Crippen LogP contribution is 2.35. The predicted molar refractivity (Wildman–Crippen MR) is 84.9 cm³/mol. The van der Waals surface area contributed by atoms with Crippen molar-refractivity contribution in [2.75, 3.05) is 19.7 Å².